The Labute approximate surface area is 174 Å². The van der Waals surface area contributed by atoms with Gasteiger partial charge in [-0.1, -0.05) is 12.1 Å². The summed E-state index contributed by atoms with van der Waals surface area (Å²) in [5.74, 6) is -1.45. The van der Waals surface area contributed by atoms with Gasteiger partial charge in [-0.2, -0.15) is 18.4 Å². The minimum absolute atomic E-state index is 0.000674. The van der Waals surface area contributed by atoms with E-state index in [1.807, 2.05) is 6.07 Å². The Morgan fingerprint density at radius 3 is 2.35 bits per heavy atom. The number of amides is 1. The first-order valence-electron chi connectivity index (χ1n) is 8.74. The van der Waals surface area contributed by atoms with Gasteiger partial charge in [-0.15, -0.1) is 0 Å². The topological polar surface area (TPSA) is 110 Å². The molecular weight excluding hydrogens is 413 g/mol. The summed E-state index contributed by atoms with van der Waals surface area (Å²) in [5.41, 5.74) is 5.40. The summed E-state index contributed by atoms with van der Waals surface area (Å²) in [5, 5.41) is 11.9. The van der Waals surface area contributed by atoms with Crippen LogP contribution in [0.4, 0.5) is 24.5 Å². The Balaban J connectivity index is 2.00. The second kappa shape index (κ2) is 8.23. The predicted molar refractivity (Wildman–Crippen MR) is 106 cm³/mol. The van der Waals surface area contributed by atoms with Crippen molar-refractivity contribution in [2.45, 2.75) is 6.18 Å². The van der Waals surface area contributed by atoms with Gasteiger partial charge in [-0.3, -0.25) is 4.79 Å². The fourth-order valence-corrected chi connectivity index (χ4v) is 2.90. The van der Waals surface area contributed by atoms with Crippen molar-refractivity contribution in [1.82, 2.24) is 4.57 Å². The lowest BCUT2D eigenvalue weighted by atomic mass is 10.1. The lowest BCUT2D eigenvalue weighted by molar-refractivity contribution is -0.137. The standard InChI is InChI=1S/C21H15F3N4O3/c1-31-20(30)18-17(26)13(10-25)11-28(18)16-5-3-2-4-15(16)27-19(29)12-6-8-14(9-7-12)21(22,23)24/h2-9,11H,26H2,1H3,(H,27,29). The SMILES string of the molecule is COC(=O)c1c(N)c(C#N)cn1-c1ccccc1NC(=O)c1ccc(C(F)(F)F)cc1. The van der Waals surface area contributed by atoms with Gasteiger partial charge in [0.05, 0.1) is 35.3 Å². The van der Waals surface area contributed by atoms with E-state index in [1.165, 1.54) is 16.8 Å². The highest BCUT2D eigenvalue weighted by molar-refractivity contribution is 6.05. The number of rotatable bonds is 4. The molecule has 0 fully saturated rings. The average molecular weight is 428 g/mol. The number of nitrogens with one attached hydrogen (secondary N) is 1. The third-order valence-corrected chi connectivity index (χ3v) is 4.43. The molecule has 0 saturated carbocycles. The molecule has 1 amide bonds. The first kappa shape index (κ1) is 21.4. The van der Waals surface area contributed by atoms with Gasteiger partial charge in [0, 0.05) is 11.8 Å². The second-order valence-electron chi connectivity index (χ2n) is 6.32. The number of methoxy groups -OCH3 is 1. The molecule has 10 heteroatoms. The van der Waals surface area contributed by atoms with E-state index in [9.17, 15) is 28.0 Å². The van der Waals surface area contributed by atoms with E-state index in [-0.39, 0.29) is 28.2 Å². The zero-order valence-electron chi connectivity index (χ0n) is 16.0. The Kier molecular flexibility index (Phi) is 5.70. The fraction of sp³-hybridized carbons (Fsp3) is 0.0952. The molecule has 0 atom stereocenters. The molecule has 3 aromatic rings. The van der Waals surface area contributed by atoms with Crippen molar-refractivity contribution in [1.29, 1.82) is 5.26 Å². The number of alkyl halides is 3. The summed E-state index contributed by atoms with van der Waals surface area (Å²) in [4.78, 5) is 24.8. The van der Waals surface area contributed by atoms with Gasteiger partial charge in [0.15, 0.2) is 5.69 Å². The summed E-state index contributed by atoms with van der Waals surface area (Å²) < 4.78 is 44.2. The summed E-state index contributed by atoms with van der Waals surface area (Å²) in [6.45, 7) is 0. The molecule has 31 heavy (non-hydrogen) atoms. The van der Waals surface area contributed by atoms with Crippen LogP contribution in [0, 0.1) is 11.3 Å². The van der Waals surface area contributed by atoms with Crippen LogP contribution in [-0.4, -0.2) is 23.6 Å². The van der Waals surface area contributed by atoms with Gasteiger partial charge in [0.1, 0.15) is 6.07 Å². The van der Waals surface area contributed by atoms with Crippen LogP contribution in [0.15, 0.2) is 54.7 Å². The highest BCUT2D eigenvalue weighted by Gasteiger charge is 2.30. The van der Waals surface area contributed by atoms with E-state index in [4.69, 9.17) is 10.5 Å². The van der Waals surface area contributed by atoms with Gasteiger partial charge < -0.3 is 20.4 Å². The number of aromatic nitrogens is 1. The molecule has 0 radical (unpaired) electrons. The van der Waals surface area contributed by atoms with Crippen molar-refractivity contribution < 1.29 is 27.5 Å². The van der Waals surface area contributed by atoms with Crippen LogP contribution < -0.4 is 11.1 Å². The zero-order chi connectivity index (χ0) is 22.8. The van der Waals surface area contributed by atoms with Gasteiger partial charge in [0.25, 0.3) is 5.91 Å². The molecule has 0 aliphatic carbocycles. The number of nitrogens with zero attached hydrogens (tertiary/aromatic N) is 2. The van der Waals surface area contributed by atoms with Crippen LogP contribution in [0.2, 0.25) is 0 Å². The molecule has 158 valence electrons. The van der Waals surface area contributed by atoms with E-state index in [0.717, 1.165) is 31.4 Å². The Hall–Kier alpha value is -4.26. The number of esters is 1. The molecule has 0 unspecified atom stereocenters. The number of nitrogen functional groups attached to an aromatic ring is 1. The van der Waals surface area contributed by atoms with Crippen LogP contribution in [0.5, 0.6) is 0 Å². The monoisotopic (exact) mass is 428 g/mol. The second-order valence-corrected chi connectivity index (χ2v) is 6.32. The number of hydrogen-bond acceptors (Lipinski definition) is 5. The minimum atomic E-state index is -4.52. The van der Waals surface area contributed by atoms with Gasteiger partial charge >= 0.3 is 12.1 Å². The minimum Gasteiger partial charge on any atom is -0.464 e. The fourth-order valence-electron chi connectivity index (χ4n) is 2.90. The molecule has 3 rings (SSSR count). The number of carbonyl (C=O) groups is 2. The third kappa shape index (κ3) is 4.20. The molecular formula is C21H15F3N4O3. The molecule has 0 aliphatic heterocycles. The predicted octanol–water partition coefficient (Wildman–Crippen LogP) is 3.99. The highest BCUT2D eigenvalue weighted by atomic mass is 19.4. The molecule has 0 bridgehead atoms. The van der Waals surface area contributed by atoms with Crippen LogP contribution in [-0.2, 0) is 10.9 Å². The van der Waals surface area contributed by atoms with E-state index in [0.29, 0.717) is 5.69 Å². The number of nitrogens with two attached hydrogens (primary N) is 1. The van der Waals surface area contributed by atoms with Crippen LogP contribution >= 0.6 is 0 Å². The highest BCUT2D eigenvalue weighted by Crippen LogP contribution is 2.30. The molecule has 0 saturated heterocycles. The number of para-hydroxylation sites is 2. The van der Waals surface area contributed by atoms with Crippen molar-refractivity contribution >= 4 is 23.3 Å². The van der Waals surface area contributed by atoms with Gasteiger partial charge in [-0.25, -0.2) is 4.79 Å². The van der Waals surface area contributed by atoms with E-state index >= 15 is 0 Å². The maximum Gasteiger partial charge on any atom is 0.416 e. The molecule has 0 aliphatic rings. The number of halogens is 3. The molecule has 1 heterocycles. The zero-order valence-corrected chi connectivity index (χ0v) is 16.0. The third-order valence-electron chi connectivity index (χ3n) is 4.43. The van der Waals surface area contributed by atoms with Crippen molar-refractivity contribution in [2.24, 2.45) is 0 Å². The Morgan fingerprint density at radius 2 is 1.77 bits per heavy atom. The first-order valence-corrected chi connectivity index (χ1v) is 8.74. The molecule has 7 nitrogen and oxygen atoms in total. The summed E-state index contributed by atoms with van der Waals surface area (Å²) in [6.07, 6.45) is -3.19. The number of nitriles is 1. The summed E-state index contributed by atoms with van der Waals surface area (Å²) in [7, 11) is 1.16. The Morgan fingerprint density at radius 1 is 1.13 bits per heavy atom. The van der Waals surface area contributed by atoms with Crippen LogP contribution in [0.1, 0.15) is 32.0 Å². The average Bonchev–Trinajstić information content (AvgIpc) is 3.09. The molecule has 0 spiro atoms. The largest absolute Gasteiger partial charge is 0.464 e. The van der Waals surface area contributed by atoms with Crippen molar-refractivity contribution in [3.8, 4) is 11.8 Å². The van der Waals surface area contributed by atoms with Crippen molar-refractivity contribution in [3.05, 3.63) is 77.1 Å². The molecule has 3 N–H and O–H groups in total. The van der Waals surface area contributed by atoms with Gasteiger partial charge in [0.2, 0.25) is 0 Å². The first-order chi connectivity index (χ1) is 14.7. The number of ether oxygens (including phenoxy) is 1. The van der Waals surface area contributed by atoms with E-state index in [2.05, 4.69) is 5.32 Å². The normalized spacial score (nSPS) is 10.9. The molecule has 1 aromatic heterocycles. The lowest BCUT2D eigenvalue weighted by Gasteiger charge is -2.14. The van der Waals surface area contributed by atoms with Crippen molar-refractivity contribution in [3.63, 3.8) is 0 Å². The quantitative estimate of drug-likeness (QED) is 0.611. The summed E-state index contributed by atoms with van der Waals surface area (Å²) >= 11 is 0. The van der Waals surface area contributed by atoms with Crippen molar-refractivity contribution in [2.75, 3.05) is 18.2 Å². The number of benzene rings is 2. The number of carbonyl (C=O) groups excluding carboxylic acids is 2. The Bertz CT molecular complexity index is 1190. The van der Waals surface area contributed by atoms with Crippen LogP contribution in [0.3, 0.4) is 0 Å². The maximum atomic E-state index is 12.7. The summed E-state index contributed by atoms with van der Waals surface area (Å²) in [6, 6.07) is 11.9. The smallest absolute Gasteiger partial charge is 0.416 e. The van der Waals surface area contributed by atoms with E-state index in [1.54, 1.807) is 18.2 Å². The molecule has 2 aromatic carbocycles. The number of anilines is 2. The van der Waals surface area contributed by atoms with E-state index < -0.39 is 23.6 Å². The number of hydrogen-bond donors (Lipinski definition) is 2. The lowest BCUT2D eigenvalue weighted by Crippen LogP contribution is -2.16. The van der Waals surface area contributed by atoms with Gasteiger partial charge in [-0.05, 0) is 36.4 Å². The van der Waals surface area contributed by atoms with Crippen LogP contribution in [0.25, 0.3) is 5.69 Å². The maximum absolute atomic E-state index is 12.7.